The fourth-order valence-corrected chi connectivity index (χ4v) is 10.1. The number of rotatable bonds is 8. The number of benzene rings is 2. The van der Waals surface area contributed by atoms with E-state index in [1.165, 1.54) is 0 Å². The second-order valence-corrected chi connectivity index (χ2v) is 17.8. The Labute approximate surface area is 388 Å². The number of aromatic amines is 2. The van der Waals surface area contributed by atoms with Gasteiger partial charge in [0.1, 0.15) is 56.9 Å². The maximum atomic E-state index is 14.2. The average Bonchev–Trinajstić information content (AvgIpc) is 4.07. The van der Waals surface area contributed by atoms with Gasteiger partial charge < -0.3 is 30.4 Å². The number of H-pyrrole nitrogens is 2. The van der Waals surface area contributed by atoms with E-state index in [1.807, 2.05) is 12.1 Å². The third kappa shape index (κ3) is 9.64. The van der Waals surface area contributed by atoms with E-state index >= 15 is 0 Å². The number of aromatic nitrogens is 6. The molecule has 0 bridgehead atoms. The van der Waals surface area contributed by atoms with Crippen LogP contribution >= 0.6 is 0 Å². The van der Waals surface area contributed by atoms with Gasteiger partial charge in [0.25, 0.3) is 22.9 Å². The van der Waals surface area contributed by atoms with Crippen molar-refractivity contribution in [3.63, 3.8) is 0 Å². The van der Waals surface area contributed by atoms with Crippen LogP contribution in [0.5, 0.6) is 0 Å². The van der Waals surface area contributed by atoms with Crippen LogP contribution in [0.3, 0.4) is 0 Å². The predicted molar refractivity (Wildman–Crippen MR) is 248 cm³/mol. The molecular formula is C48H52F4N12O4. The molecule has 2 amide bonds. The fraction of sp³-hybridized carbons (Fsp3) is 0.417. The van der Waals surface area contributed by atoms with Gasteiger partial charge in [0.2, 0.25) is 0 Å². The molecule has 0 saturated carbocycles. The van der Waals surface area contributed by atoms with E-state index in [2.05, 4.69) is 60.1 Å². The number of piperidine rings is 2. The molecule has 68 heavy (non-hydrogen) atoms. The molecule has 4 fully saturated rings. The van der Waals surface area contributed by atoms with Gasteiger partial charge in [-0.15, -0.1) is 0 Å². The molecule has 0 spiro atoms. The number of pyridine rings is 2. The highest BCUT2D eigenvalue weighted by Crippen LogP contribution is 2.33. The summed E-state index contributed by atoms with van der Waals surface area (Å²) in [5.41, 5.74) is 1.35. The Morgan fingerprint density at radius 2 is 1.07 bits per heavy atom. The van der Waals surface area contributed by atoms with Gasteiger partial charge in [0.15, 0.2) is 5.82 Å². The van der Waals surface area contributed by atoms with Crippen LogP contribution in [0.15, 0.2) is 70.5 Å². The van der Waals surface area contributed by atoms with Crippen LogP contribution in [0.1, 0.15) is 83.0 Å². The normalized spacial score (nSPS) is 19.6. The largest absolute Gasteiger partial charge is 0.370 e. The van der Waals surface area contributed by atoms with E-state index in [0.717, 1.165) is 127 Å². The van der Waals surface area contributed by atoms with Crippen molar-refractivity contribution in [1.29, 1.82) is 0 Å². The van der Waals surface area contributed by atoms with Crippen molar-refractivity contribution < 1.29 is 27.2 Å². The second-order valence-electron chi connectivity index (χ2n) is 17.8. The topological polar surface area (TPSA) is 188 Å². The van der Waals surface area contributed by atoms with E-state index in [4.69, 9.17) is 0 Å². The molecule has 356 valence electrons. The molecule has 0 aliphatic carbocycles. The lowest BCUT2D eigenvalue weighted by Gasteiger charge is -2.37. The number of amides is 2. The molecule has 4 saturated heterocycles. The summed E-state index contributed by atoms with van der Waals surface area (Å²) in [6.07, 6.45) is 9.03. The van der Waals surface area contributed by atoms with Crippen LogP contribution in [-0.2, 0) is 0 Å². The van der Waals surface area contributed by atoms with Crippen molar-refractivity contribution >= 4 is 45.0 Å². The number of nitrogens with one attached hydrogen (secondary N) is 4. The van der Waals surface area contributed by atoms with Crippen molar-refractivity contribution in [1.82, 2.24) is 50.3 Å². The van der Waals surface area contributed by atoms with E-state index < -0.39 is 34.4 Å². The first kappa shape index (κ1) is 46.3. The van der Waals surface area contributed by atoms with Crippen molar-refractivity contribution in [2.45, 2.75) is 62.4 Å². The number of likely N-dealkylation sites (tertiary alicyclic amines) is 2. The molecule has 20 heteroatoms. The summed E-state index contributed by atoms with van der Waals surface area (Å²) in [6.45, 7) is 6.73. The van der Waals surface area contributed by atoms with Crippen molar-refractivity contribution in [3.8, 4) is 0 Å². The van der Waals surface area contributed by atoms with Gasteiger partial charge in [-0.3, -0.25) is 29.0 Å². The van der Waals surface area contributed by atoms with Gasteiger partial charge in [-0.2, -0.15) is 0 Å². The van der Waals surface area contributed by atoms with Crippen LogP contribution in [0.2, 0.25) is 0 Å². The number of carbonyl (C=O) groups excluding carboxylic acids is 2. The molecule has 8 heterocycles. The Hall–Kier alpha value is -6.80. The van der Waals surface area contributed by atoms with Crippen LogP contribution in [0.25, 0.3) is 21.8 Å². The van der Waals surface area contributed by atoms with E-state index in [0.29, 0.717) is 35.1 Å². The highest BCUT2D eigenvalue weighted by Gasteiger charge is 2.35. The number of hydrogen-bond acceptors (Lipinski definition) is 12. The average molecular weight is 937 g/mol. The number of halogens is 4. The van der Waals surface area contributed by atoms with Crippen molar-refractivity contribution in [2.24, 2.45) is 0 Å². The maximum absolute atomic E-state index is 14.2. The number of carbonyl (C=O) groups is 2. The first-order chi connectivity index (χ1) is 32.9. The highest BCUT2D eigenvalue weighted by atomic mass is 19.1. The molecule has 4 aliphatic heterocycles. The number of nitrogens with zero attached hydrogens (tertiary/aromatic N) is 8. The van der Waals surface area contributed by atoms with E-state index in [9.17, 15) is 36.7 Å². The Balaban J connectivity index is 0.000000170. The number of hydrogen-bond donors (Lipinski definition) is 4. The van der Waals surface area contributed by atoms with Gasteiger partial charge in [0.05, 0.1) is 29.2 Å². The third-order valence-electron chi connectivity index (χ3n) is 13.8. The van der Waals surface area contributed by atoms with Crippen molar-refractivity contribution in [3.05, 3.63) is 128 Å². The van der Waals surface area contributed by atoms with Crippen LogP contribution in [0, 0.1) is 23.3 Å². The van der Waals surface area contributed by atoms with Gasteiger partial charge in [0, 0.05) is 83.3 Å². The molecule has 4 aromatic heterocycles. The smallest absolute Gasteiger partial charge is 0.269 e. The van der Waals surface area contributed by atoms with Crippen LogP contribution in [-0.4, -0.2) is 130 Å². The first-order valence-corrected chi connectivity index (χ1v) is 23.0. The summed E-state index contributed by atoms with van der Waals surface area (Å²) in [7, 11) is 3.16. The van der Waals surface area contributed by atoms with Gasteiger partial charge in [-0.1, -0.05) is 0 Å². The molecule has 16 nitrogen and oxygen atoms in total. The minimum atomic E-state index is -0.817. The minimum Gasteiger partial charge on any atom is -0.370 e. The predicted octanol–water partition coefficient (Wildman–Crippen LogP) is 4.83. The van der Waals surface area contributed by atoms with Crippen molar-refractivity contribution in [2.75, 3.05) is 76.3 Å². The van der Waals surface area contributed by atoms with E-state index in [-0.39, 0.29) is 45.5 Å². The zero-order valence-electron chi connectivity index (χ0n) is 37.7. The summed E-state index contributed by atoms with van der Waals surface area (Å²) in [5, 5.41) is 4.74. The molecule has 4 aliphatic rings. The quantitative estimate of drug-likeness (QED) is 0.153. The molecule has 4 N–H and O–H groups in total. The Bertz CT molecular complexity index is 2940. The lowest BCUT2D eigenvalue weighted by atomic mass is 10.0. The monoisotopic (exact) mass is 936 g/mol. The minimum absolute atomic E-state index is 0.000962. The summed E-state index contributed by atoms with van der Waals surface area (Å²) < 4.78 is 55.9. The Morgan fingerprint density at radius 3 is 1.56 bits per heavy atom. The third-order valence-corrected chi connectivity index (χ3v) is 13.8. The van der Waals surface area contributed by atoms with Gasteiger partial charge in [-0.05, 0) is 94.1 Å². The molecule has 2 atom stereocenters. The highest BCUT2D eigenvalue weighted by molar-refractivity contribution is 5.92. The molecule has 10 rings (SSSR count). The summed E-state index contributed by atoms with van der Waals surface area (Å²) >= 11 is 0. The maximum Gasteiger partial charge on any atom is 0.269 e. The zero-order valence-corrected chi connectivity index (χ0v) is 37.7. The summed E-state index contributed by atoms with van der Waals surface area (Å²) in [5.74, 6) is -2.62. The van der Waals surface area contributed by atoms with E-state index in [1.54, 1.807) is 38.6 Å². The molecular weight excluding hydrogens is 885 g/mol. The van der Waals surface area contributed by atoms with Crippen LogP contribution in [0.4, 0.5) is 28.9 Å². The standard InChI is InChI=1S/2C24H26F2N6O2/c1-27-23(33)19-5-2-16(12-28-19)31-10-7-15(8-11-31)32-9-6-14(13-32)22-29-21-18(26)4-3-17(25)20(21)24(34)30-22;1-27-24(34)20-3-2-17(12-28-20)31-8-5-16(6-9-31)32-7-4-14(13-32)22-29-21-18(23(33)30-22)10-15(25)11-19(21)26/h2-5,12,14-15H,6-11,13H2,1H3,(H,27,33)(H,29,30,34);2-3,10-12,14,16H,4-9,13H2,1H3,(H,27,34)(H,29,30,33). The lowest BCUT2D eigenvalue weighted by Crippen LogP contribution is -2.44. The van der Waals surface area contributed by atoms with Crippen LogP contribution < -0.4 is 31.6 Å². The lowest BCUT2D eigenvalue weighted by molar-refractivity contribution is 0.0950. The molecule has 6 aromatic rings. The summed E-state index contributed by atoms with van der Waals surface area (Å²) in [6, 6.07) is 11.9. The Kier molecular flexibility index (Phi) is 13.5. The number of fused-ring (bicyclic) bond motifs is 2. The number of anilines is 2. The molecule has 0 radical (unpaired) electrons. The fourth-order valence-electron chi connectivity index (χ4n) is 10.1. The van der Waals surface area contributed by atoms with Gasteiger partial charge in [-0.25, -0.2) is 37.5 Å². The first-order valence-electron chi connectivity index (χ1n) is 23.0. The second kappa shape index (κ2) is 19.8. The van der Waals surface area contributed by atoms with Gasteiger partial charge >= 0.3 is 0 Å². The summed E-state index contributed by atoms with van der Waals surface area (Å²) in [4.78, 5) is 80.1. The molecule has 2 unspecified atom stereocenters. The SMILES string of the molecule is CNC(=O)c1ccc(N2CCC(N3CCC(c4nc5c(F)cc(F)cc5c(=O)[nH]4)C3)CC2)cn1.CNC(=O)c1ccc(N2CCC(N3CCC(c4nc5c(F)ccc(F)c5c(=O)[nH]4)C3)CC2)cn1. The molecule has 2 aromatic carbocycles. The zero-order chi connectivity index (χ0) is 47.6. The Morgan fingerprint density at radius 1 is 0.588 bits per heavy atom.